The van der Waals surface area contributed by atoms with Gasteiger partial charge >= 0.3 is 17.9 Å². The van der Waals surface area contributed by atoms with Gasteiger partial charge in [0.1, 0.15) is 66.5 Å². The van der Waals surface area contributed by atoms with Crippen molar-refractivity contribution in [2.45, 2.75) is 230 Å². The van der Waals surface area contributed by atoms with Crippen LogP contribution in [0.15, 0.2) is 9.98 Å². The van der Waals surface area contributed by atoms with Crippen molar-refractivity contribution < 1.29 is 92.0 Å². The maximum absolute atomic E-state index is 14.5. The lowest BCUT2D eigenvalue weighted by Crippen LogP contribution is -2.60. The highest BCUT2D eigenvalue weighted by Gasteiger charge is 2.36. The molecule has 41 nitrogen and oxygen atoms in total. The molecular weight excluding hydrogens is 1340 g/mol. The van der Waals surface area contributed by atoms with E-state index < -0.39 is 206 Å². The van der Waals surface area contributed by atoms with Crippen LogP contribution in [0.4, 0.5) is 0 Å². The fraction of sp³-hybridized carbons (Fsp3) is 0.705. The lowest BCUT2D eigenvalue weighted by Gasteiger charge is -2.28. The van der Waals surface area contributed by atoms with Crippen LogP contribution in [-0.4, -0.2) is 227 Å². The minimum atomic E-state index is -1.84. The molecule has 41 heteroatoms. The monoisotopic (exact) mass is 1450 g/mol. The molecular formula is C61H110N22O19. The number of carboxylic acid groups (broad SMARTS) is 3. The van der Waals surface area contributed by atoms with Crippen LogP contribution < -0.4 is 110 Å². The molecule has 13 amide bonds. The second kappa shape index (κ2) is 49.5. The summed E-state index contributed by atoms with van der Waals surface area (Å²) in [5.41, 5.74) is 44.9. The van der Waals surface area contributed by atoms with Crippen LogP contribution in [-0.2, 0) is 76.7 Å². The van der Waals surface area contributed by atoms with E-state index in [0.29, 0.717) is 45.2 Å². The number of nitrogens with two attached hydrogens (primary N) is 8. The minimum Gasteiger partial charge on any atom is -0.481 e. The minimum absolute atomic E-state index is 0.0196. The lowest BCUT2D eigenvalue weighted by atomic mass is 10.0. The van der Waals surface area contributed by atoms with Crippen molar-refractivity contribution >= 4 is 107 Å². The van der Waals surface area contributed by atoms with Crippen molar-refractivity contribution in [3.8, 4) is 0 Å². The van der Waals surface area contributed by atoms with Gasteiger partial charge in [-0.15, -0.1) is 0 Å². The molecule has 0 unspecified atom stereocenters. The van der Waals surface area contributed by atoms with Crippen LogP contribution in [0.1, 0.15) is 158 Å². The van der Waals surface area contributed by atoms with Crippen LogP contribution in [0.2, 0.25) is 0 Å². The third-order valence-corrected chi connectivity index (χ3v) is 15.0. The third-order valence-electron chi connectivity index (χ3n) is 15.0. The molecule has 31 N–H and O–H groups in total. The van der Waals surface area contributed by atoms with Gasteiger partial charge < -0.3 is 125 Å². The van der Waals surface area contributed by atoms with Gasteiger partial charge in [-0.05, 0) is 129 Å². The van der Waals surface area contributed by atoms with E-state index in [4.69, 9.17) is 45.9 Å². The van der Waals surface area contributed by atoms with Crippen LogP contribution in [0.25, 0.3) is 0 Å². The number of rotatable bonds is 53. The zero-order valence-electron chi connectivity index (χ0n) is 59.0. The molecule has 0 aromatic carbocycles. The number of unbranched alkanes of at least 4 members (excludes halogenated alkanes) is 2. The molecule has 0 aromatic rings. The molecule has 0 spiro atoms. The van der Waals surface area contributed by atoms with Gasteiger partial charge in [-0.3, -0.25) is 81.9 Å². The molecule has 0 bridgehead atoms. The van der Waals surface area contributed by atoms with Gasteiger partial charge in [0, 0.05) is 25.9 Å². The number of aliphatic imine (C=N–C) groups is 2. The molecule has 12 atom stereocenters. The van der Waals surface area contributed by atoms with Crippen LogP contribution >= 0.6 is 0 Å². The third kappa shape index (κ3) is 40.3. The van der Waals surface area contributed by atoms with E-state index in [1.54, 1.807) is 27.7 Å². The Hall–Kier alpha value is -10.1. The summed E-state index contributed by atoms with van der Waals surface area (Å²) in [5, 5.41) is 57.2. The standard InChI is InChI=1S/C61H110N22O19/c1-30(2)26-41(82-49(91)33(6)74-52(94)36(15-9-11-23-63)77-51(93)35(64)14-8-10-22-62)58(100)79-38(17-13-25-71-61(68)69)54(96)78-37(16-12-24-70-60(66)67)55(97)80-39(18-20-44(65)84)56(98)81-40(19-21-46(86)87)53(95)73-32(5)48(90)72-29-45(85)76-42(28-47(88)89)57(99)75-34(7)50(92)83-43(59(101)102)27-31(3)4/h30-43H,8-29,62-64H2,1-7H3,(H2,65,84)(H,72,90)(H,73,95)(H,74,94)(H,75,99)(H,76,85)(H,77,93)(H,78,96)(H,79,100)(H,80,97)(H,81,98)(H,82,91)(H,83,92)(H,86,87)(H,88,89)(H,101,102)(H4,66,67,70)(H4,68,69,71)/t32-,33-,34-,35-,36-,37-,38-,39-,40-,41-,42-,43-/m0/s1. The molecule has 0 aliphatic heterocycles. The molecule has 0 aromatic heterocycles. The predicted molar refractivity (Wildman–Crippen MR) is 369 cm³/mol. The number of carbonyl (C=O) groups excluding carboxylic acids is 13. The summed E-state index contributed by atoms with van der Waals surface area (Å²) >= 11 is 0. The largest absolute Gasteiger partial charge is 0.481 e. The summed E-state index contributed by atoms with van der Waals surface area (Å²) in [6.07, 6.45) is -1.53. The molecule has 102 heavy (non-hydrogen) atoms. The second-order valence-electron chi connectivity index (χ2n) is 25.2. The van der Waals surface area contributed by atoms with E-state index in [9.17, 15) is 92.0 Å². The molecule has 0 saturated carbocycles. The molecule has 0 aliphatic rings. The fourth-order valence-corrected chi connectivity index (χ4v) is 9.48. The van der Waals surface area contributed by atoms with Crippen LogP contribution in [0.5, 0.6) is 0 Å². The average molecular weight is 1460 g/mol. The highest BCUT2D eigenvalue weighted by Crippen LogP contribution is 2.13. The number of nitrogens with one attached hydrogen (secondary N) is 12. The highest BCUT2D eigenvalue weighted by atomic mass is 16.4. The van der Waals surface area contributed by atoms with Crippen molar-refractivity contribution in [1.29, 1.82) is 0 Å². The quantitative estimate of drug-likeness (QED) is 0.0153. The Morgan fingerprint density at radius 1 is 0.353 bits per heavy atom. The number of hydrogen-bond acceptors (Lipinski definition) is 21. The second-order valence-corrected chi connectivity index (χ2v) is 25.2. The van der Waals surface area contributed by atoms with Crippen LogP contribution in [0.3, 0.4) is 0 Å². The Labute approximate surface area is 591 Å². The highest BCUT2D eigenvalue weighted by molar-refractivity contribution is 6.00. The van der Waals surface area contributed by atoms with E-state index in [1.807, 2.05) is 0 Å². The summed E-state index contributed by atoms with van der Waals surface area (Å²) in [5.74, 6) is -18.4. The van der Waals surface area contributed by atoms with Gasteiger partial charge in [-0.1, -0.05) is 34.1 Å². The maximum Gasteiger partial charge on any atom is 0.326 e. The first-order valence-corrected chi connectivity index (χ1v) is 33.5. The van der Waals surface area contributed by atoms with Crippen molar-refractivity contribution in [3.63, 3.8) is 0 Å². The number of primary amides is 1. The number of guanidine groups is 2. The summed E-state index contributed by atoms with van der Waals surface area (Å²) in [7, 11) is 0. The lowest BCUT2D eigenvalue weighted by molar-refractivity contribution is -0.143. The van der Waals surface area contributed by atoms with Gasteiger partial charge in [-0.25, -0.2) is 4.79 Å². The molecule has 0 fully saturated rings. The average Bonchev–Trinajstić information content (AvgIpc) is 0.868. The molecule has 0 heterocycles. The van der Waals surface area contributed by atoms with E-state index in [1.165, 1.54) is 13.8 Å². The van der Waals surface area contributed by atoms with Gasteiger partial charge in [0.2, 0.25) is 76.8 Å². The van der Waals surface area contributed by atoms with Gasteiger partial charge in [0.05, 0.1) is 19.0 Å². The Balaban J connectivity index is 6.90. The first-order chi connectivity index (χ1) is 47.7. The molecule has 578 valence electrons. The van der Waals surface area contributed by atoms with Gasteiger partial charge in [-0.2, -0.15) is 0 Å². The molecule has 0 rings (SSSR count). The fourth-order valence-electron chi connectivity index (χ4n) is 9.48. The summed E-state index contributed by atoms with van der Waals surface area (Å²) in [6, 6.07) is -17.7. The smallest absolute Gasteiger partial charge is 0.326 e. The maximum atomic E-state index is 14.5. The number of aliphatic carboxylic acids is 3. The van der Waals surface area contributed by atoms with E-state index in [0.717, 1.165) is 6.92 Å². The predicted octanol–water partition coefficient (Wildman–Crippen LogP) is -8.03. The van der Waals surface area contributed by atoms with Gasteiger partial charge in [0.25, 0.3) is 0 Å². The van der Waals surface area contributed by atoms with Crippen molar-refractivity contribution in [1.82, 2.24) is 63.8 Å². The Morgan fingerprint density at radius 3 is 1.09 bits per heavy atom. The van der Waals surface area contributed by atoms with Crippen LogP contribution in [0, 0.1) is 11.8 Å². The first-order valence-electron chi connectivity index (χ1n) is 33.5. The van der Waals surface area contributed by atoms with Crippen molar-refractivity contribution in [2.75, 3.05) is 32.7 Å². The number of hydrogen-bond donors (Lipinski definition) is 23. The number of carbonyl (C=O) groups is 16. The van der Waals surface area contributed by atoms with E-state index in [2.05, 4.69) is 73.8 Å². The zero-order valence-corrected chi connectivity index (χ0v) is 59.0. The zero-order chi connectivity index (χ0) is 77.9. The SMILES string of the molecule is CC(C)C[C@H](NC(=O)[C@H](C)NC(=O)[C@H](CC(=O)O)NC(=O)CNC(=O)[C@H](C)NC(=O)[C@H](CCC(=O)O)NC(=O)[C@H](CCC(N)=O)NC(=O)[C@H](CCCN=C(N)N)NC(=O)[C@H](CCCN=C(N)N)NC(=O)[C@H](CC(C)C)NC(=O)[C@H](C)NC(=O)[C@H](CCCCN)NC(=O)[C@@H](N)CCCCN)C(=O)O. The van der Waals surface area contributed by atoms with E-state index >= 15 is 0 Å². The van der Waals surface area contributed by atoms with Crippen molar-refractivity contribution in [2.24, 2.45) is 67.7 Å². The topological polar surface area (TPSA) is 711 Å². The number of carboxylic acids is 3. The summed E-state index contributed by atoms with van der Waals surface area (Å²) < 4.78 is 0. The molecule has 0 radical (unpaired) electrons. The van der Waals surface area contributed by atoms with E-state index in [-0.39, 0.29) is 81.8 Å². The first kappa shape index (κ1) is 91.9. The number of nitrogens with zero attached hydrogens (tertiary/aromatic N) is 2. The summed E-state index contributed by atoms with van der Waals surface area (Å²) in [4.78, 5) is 219. The molecule has 0 aliphatic carbocycles. The molecule has 0 saturated heterocycles. The summed E-state index contributed by atoms with van der Waals surface area (Å²) in [6.45, 7) is 10.1. The Bertz CT molecular complexity index is 2890. The normalized spacial score (nSPS) is 14.5. The Kier molecular flexibility index (Phi) is 44.6. The number of amides is 13. The van der Waals surface area contributed by atoms with Crippen molar-refractivity contribution in [3.05, 3.63) is 0 Å². The Morgan fingerprint density at radius 2 is 0.696 bits per heavy atom. The van der Waals surface area contributed by atoms with Gasteiger partial charge in [0.15, 0.2) is 11.9 Å².